The summed E-state index contributed by atoms with van der Waals surface area (Å²) in [5.74, 6) is -0.314. The van der Waals surface area contributed by atoms with Crippen LogP contribution >= 0.6 is 7.82 Å². The number of nitrogens with zero attached hydrogens (tertiary/aromatic N) is 1. The fraction of sp³-hybridized carbons (Fsp3) is 0.839. The van der Waals surface area contributed by atoms with Crippen molar-refractivity contribution in [2.45, 2.75) is 251 Å². The van der Waals surface area contributed by atoms with E-state index in [9.17, 15) is 14.3 Å². The molecule has 0 heterocycles. The molecule has 0 spiro atoms. The summed E-state index contributed by atoms with van der Waals surface area (Å²) in [6.45, 7) is 5.53. The van der Waals surface area contributed by atoms with E-state index in [-0.39, 0.29) is 25.8 Å². The summed E-state index contributed by atoms with van der Waals surface area (Å²) in [5.41, 5.74) is 0. The van der Waals surface area contributed by atoms with Gasteiger partial charge in [0.1, 0.15) is 19.3 Å². The van der Waals surface area contributed by atoms with Crippen molar-refractivity contribution < 1.29 is 37.3 Å². The van der Waals surface area contributed by atoms with Gasteiger partial charge in [-0.15, -0.1) is 0 Å². The van der Waals surface area contributed by atoms with Gasteiger partial charge in [0, 0.05) is 13.0 Å². The molecule has 0 aromatic heterocycles. The first-order valence-corrected chi connectivity index (χ1v) is 28.9. The molecule has 0 amide bonds. The van der Waals surface area contributed by atoms with Crippen molar-refractivity contribution in [1.29, 1.82) is 0 Å². The highest BCUT2D eigenvalue weighted by Crippen LogP contribution is 2.43. The minimum Gasteiger partial charge on any atom is -0.457 e. The monoisotopic (exact) mass is 937 g/mol. The van der Waals surface area contributed by atoms with E-state index >= 15 is 0 Å². The minimum absolute atomic E-state index is 0.0864. The SMILES string of the molecule is CC/C=C\C/C=C\C/C=C\C/C=C\CCCCCCCCCOCC(COP(=O)(O)OCC[N+](C)(C)C)OC(=O)CCCCCCCCCCCCCCCCCCCCCCCCC. The molecule has 0 aromatic rings. The second-order valence-electron chi connectivity index (χ2n) is 19.6. The van der Waals surface area contributed by atoms with Gasteiger partial charge < -0.3 is 18.9 Å². The molecule has 0 radical (unpaired) electrons. The van der Waals surface area contributed by atoms with Crippen molar-refractivity contribution >= 4 is 13.8 Å². The molecule has 0 aliphatic heterocycles. The number of carbonyl (C=O) groups excluding carboxylic acids is 1. The first kappa shape index (κ1) is 63.5. The molecule has 65 heavy (non-hydrogen) atoms. The average molecular weight is 937 g/mol. The Morgan fingerprint density at radius 3 is 1.34 bits per heavy atom. The van der Waals surface area contributed by atoms with E-state index in [1.54, 1.807) is 0 Å². The Morgan fingerprint density at radius 2 is 0.892 bits per heavy atom. The molecule has 9 heteroatoms. The maximum atomic E-state index is 12.8. The van der Waals surface area contributed by atoms with Gasteiger partial charge in [0.05, 0.1) is 34.4 Å². The summed E-state index contributed by atoms with van der Waals surface area (Å²) in [6, 6.07) is 0. The Kier molecular flexibility index (Phi) is 47.7. The van der Waals surface area contributed by atoms with Crippen LogP contribution in [0, 0.1) is 0 Å². The molecule has 8 nitrogen and oxygen atoms in total. The minimum atomic E-state index is -4.29. The number of phosphoric ester groups is 1. The Labute approximate surface area is 403 Å². The summed E-state index contributed by atoms with van der Waals surface area (Å²) >= 11 is 0. The third-order valence-corrected chi connectivity index (χ3v) is 12.9. The lowest BCUT2D eigenvalue weighted by atomic mass is 10.0. The Bertz CT molecular complexity index is 1180. The fourth-order valence-electron chi connectivity index (χ4n) is 7.72. The predicted octanol–water partition coefficient (Wildman–Crippen LogP) is 17.1. The summed E-state index contributed by atoms with van der Waals surface area (Å²) in [5, 5.41) is 0. The zero-order chi connectivity index (χ0) is 47.6. The standard InChI is InChI=1S/C56H106NO7P/c1-6-8-10-12-14-16-18-20-22-24-26-28-29-30-31-33-35-37-39-41-43-45-47-49-56(58)64-55(54-63-65(59,60)62-52-50-57(3,4)5)53-61-51-48-46-44-42-40-38-36-34-32-27-25-23-21-19-17-15-13-11-9-7-2/h9,11,15,17,21,23,27,32,55H,6-8,10,12-14,16,18-20,22,24-26,28-31,33-54H2,1-5H3/p+1/b11-9-,17-15-,23-21-,32-27-. The molecule has 0 bridgehead atoms. The number of unbranched alkanes of at least 4 members (excludes halogenated alkanes) is 29. The topological polar surface area (TPSA) is 91.3 Å². The van der Waals surface area contributed by atoms with Gasteiger partial charge in [-0.05, 0) is 51.4 Å². The van der Waals surface area contributed by atoms with Gasteiger partial charge in [-0.1, -0.05) is 236 Å². The molecule has 1 N–H and O–H groups in total. The van der Waals surface area contributed by atoms with Gasteiger partial charge in [-0.3, -0.25) is 13.8 Å². The maximum absolute atomic E-state index is 12.8. The number of allylic oxidation sites excluding steroid dienone is 8. The van der Waals surface area contributed by atoms with Crippen molar-refractivity contribution in [2.75, 3.05) is 54.1 Å². The van der Waals surface area contributed by atoms with Gasteiger partial charge >= 0.3 is 13.8 Å². The van der Waals surface area contributed by atoms with Crippen LogP contribution in [0.25, 0.3) is 0 Å². The molecule has 0 aliphatic rings. The Hall–Kier alpha value is -1.54. The van der Waals surface area contributed by atoms with Gasteiger partial charge in [0.25, 0.3) is 0 Å². The first-order chi connectivity index (χ1) is 31.6. The second-order valence-corrected chi connectivity index (χ2v) is 21.0. The van der Waals surface area contributed by atoms with Crippen LogP contribution in [0.4, 0.5) is 0 Å². The number of phosphoric acid groups is 1. The van der Waals surface area contributed by atoms with E-state index in [4.69, 9.17) is 18.5 Å². The highest BCUT2D eigenvalue weighted by molar-refractivity contribution is 7.47. The summed E-state index contributed by atoms with van der Waals surface area (Å²) in [4.78, 5) is 23.1. The van der Waals surface area contributed by atoms with Gasteiger partial charge in [-0.25, -0.2) is 4.57 Å². The summed E-state index contributed by atoms with van der Waals surface area (Å²) in [7, 11) is 1.67. The second kappa shape index (κ2) is 48.9. The van der Waals surface area contributed by atoms with Crippen LogP contribution < -0.4 is 0 Å². The molecule has 2 atom stereocenters. The van der Waals surface area contributed by atoms with E-state index in [2.05, 4.69) is 62.5 Å². The molecule has 0 saturated heterocycles. The zero-order valence-corrected chi connectivity index (χ0v) is 44.4. The van der Waals surface area contributed by atoms with Crippen LogP contribution in [-0.4, -0.2) is 75.6 Å². The maximum Gasteiger partial charge on any atom is 0.472 e. The normalized spacial score (nSPS) is 13.9. The largest absolute Gasteiger partial charge is 0.472 e. The van der Waals surface area contributed by atoms with E-state index in [1.807, 2.05) is 21.1 Å². The van der Waals surface area contributed by atoms with Crippen molar-refractivity contribution in [3.8, 4) is 0 Å². The quantitative estimate of drug-likeness (QED) is 0.0214. The van der Waals surface area contributed by atoms with E-state index in [1.165, 1.54) is 161 Å². The van der Waals surface area contributed by atoms with E-state index < -0.39 is 13.9 Å². The molecule has 0 fully saturated rings. The Morgan fingerprint density at radius 1 is 0.492 bits per heavy atom. The molecule has 0 saturated carbocycles. The highest BCUT2D eigenvalue weighted by atomic mass is 31.2. The first-order valence-electron chi connectivity index (χ1n) is 27.4. The molecule has 382 valence electrons. The lowest BCUT2D eigenvalue weighted by Gasteiger charge is -2.24. The number of esters is 1. The number of quaternary nitrogens is 1. The molecular formula is C56H107NO7P+. The van der Waals surface area contributed by atoms with Crippen LogP contribution in [0.2, 0.25) is 0 Å². The number of hydrogen-bond donors (Lipinski definition) is 1. The molecule has 0 rings (SSSR count). The number of carbonyl (C=O) groups is 1. The third-order valence-electron chi connectivity index (χ3n) is 11.9. The highest BCUT2D eigenvalue weighted by Gasteiger charge is 2.26. The number of ether oxygens (including phenoxy) is 2. The Balaban J connectivity index is 4.10. The van der Waals surface area contributed by atoms with Gasteiger partial charge in [0.15, 0.2) is 0 Å². The zero-order valence-electron chi connectivity index (χ0n) is 43.5. The lowest BCUT2D eigenvalue weighted by molar-refractivity contribution is -0.870. The third kappa shape index (κ3) is 53.3. The van der Waals surface area contributed by atoms with Crippen LogP contribution in [0.15, 0.2) is 48.6 Å². The van der Waals surface area contributed by atoms with Crippen LogP contribution in [0.1, 0.15) is 245 Å². The fourth-order valence-corrected chi connectivity index (χ4v) is 8.46. The number of hydrogen-bond acceptors (Lipinski definition) is 6. The van der Waals surface area contributed by atoms with Gasteiger partial charge in [0.2, 0.25) is 0 Å². The van der Waals surface area contributed by atoms with E-state index in [0.717, 1.165) is 64.2 Å². The van der Waals surface area contributed by atoms with Crippen molar-refractivity contribution in [3.63, 3.8) is 0 Å². The predicted molar refractivity (Wildman–Crippen MR) is 279 cm³/mol. The molecule has 0 aromatic carbocycles. The summed E-state index contributed by atoms with van der Waals surface area (Å²) in [6.07, 6.45) is 61.7. The van der Waals surface area contributed by atoms with Crippen molar-refractivity contribution in [3.05, 3.63) is 48.6 Å². The number of likely N-dealkylation sites (N-methyl/N-ethyl adjacent to an activating group) is 1. The van der Waals surface area contributed by atoms with Crippen molar-refractivity contribution in [2.24, 2.45) is 0 Å². The van der Waals surface area contributed by atoms with Crippen molar-refractivity contribution in [1.82, 2.24) is 0 Å². The average Bonchev–Trinajstić information content (AvgIpc) is 3.27. The van der Waals surface area contributed by atoms with E-state index in [0.29, 0.717) is 24.1 Å². The smallest absolute Gasteiger partial charge is 0.457 e. The molecule has 2 unspecified atom stereocenters. The number of rotatable bonds is 51. The van der Waals surface area contributed by atoms with Gasteiger partial charge in [-0.2, -0.15) is 0 Å². The molecule has 0 aliphatic carbocycles. The van der Waals surface area contributed by atoms with Crippen LogP contribution in [-0.2, 0) is 27.9 Å². The summed E-state index contributed by atoms with van der Waals surface area (Å²) < 4.78 is 35.2. The molecular weight excluding hydrogens is 830 g/mol. The lowest BCUT2D eigenvalue weighted by Crippen LogP contribution is -2.37. The van der Waals surface area contributed by atoms with Crippen LogP contribution in [0.5, 0.6) is 0 Å². The van der Waals surface area contributed by atoms with Crippen LogP contribution in [0.3, 0.4) is 0 Å².